The second-order valence-corrected chi connectivity index (χ2v) is 8.61. The molecule has 2 amide bonds. The lowest BCUT2D eigenvalue weighted by Gasteiger charge is -2.31. The first-order valence-electron chi connectivity index (χ1n) is 11.5. The van der Waals surface area contributed by atoms with Gasteiger partial charge in [-0.1, -0.05) is 73.1 Å². The maximum atomic E-state index is 13.5. The molecule has 3 aromatic rings. The number of halogens is 1. The van der Waals surface area contributed by atoms with Gasteiger partial charge in [0, 0.05) is 31.0 Å². The molecule has 0 aliphatic rings. The lowest BCUT2D eigenvalue weighted by atomic mass is 10.0. The number of ether oxygens (including phenoxy) is 1. The SMILES string of the molecule is CCCC(=O)N(Cc1ccc(OC)cc1)C(Cc1ccccc1)C(=O)NCc1ccc(Cl)cc1. The zero-order valence-corrected chi connectivity index (χ0v) is 20.4. The molecule has 0 saturated carbocycles. The third kappa shape index (κ3) is 7.35. The Balaban J connectivity index is 1.86. The Kier molecular flexibility index (Phi) is 9.53. The van der Waals surface area contributed by atoms with Gasteiger partial charge in [0.25, 0.3) is 0 Å². The van der Waals surface area contributed by atoms with Crippen molar-refractivity contribution in [2.75, 3.05) is 7.11 Å². The average Bonchev–Trinajstić information content (AvgIpc) is 2.86. The van der Waals surface area contributed by atoms with Crippen LogP contribution in [0.1, 0.15) is 36.5 Å². The molecule has 0 aliphatic heterocycles. The molecule has 0 heterocycles. The number of rotatable bonds is 11. The minimum atomic E-state index is -0.643. The van der Waals surface area contributed by atoms with E-state index in [1.165, 1.54) is 0 Å². The van der Waals surface area contributed by atoms with Crippen molar-refractivity contribution in [3.63, 3.8) is 0 Å². The second-order valence-electron chi connectivity index (χ2n) is 8.17. The number of benzene rings is 3. The standard InChI is InChI=1S/C28H31ClN2O3/c1-3-7-27(32)31(20-23-12-16-25(34-2)17-13-23)26(18-21-8-5-4-6-9-21)28(33)30-19-22-10-14-24(29)15-11-22/h4-6,8-17,26H,3,7,18-20H2,1-2H3,(H,30,33). The Morgan fingerprint density at radius 3 is 2.18 bits per heavy atom. The highest BCUT2D eigenvalue weighted by molar-refractivity contribution is 6.30. The van der Waals surface area contributed by atoms with Crippen LogP contribution in [0.5, 0.6) is 5.75 Å². The van der Waals surface area contributed by atoms with E-state index in [2.05, 4.69) is 5.32 Å². The van der Waals surface area contributed by atoms with E-state index in [0.717, 1.165) is 22.4 Å². The zero-order valence-electron chi connectivity index (χ0n) is 19.7. The van der Waals surface area contributed by atoms with E-state index in [1.807, 2.05) is 73.7 Å². The molecular formula is C28H31ClN2O3. The van der Waals surface area contributed by atoms with Crippen molar-refractivity contribution in [1.29, 1.82) is 0 Å². The highest BCUT2D eigenvalue weighted by atomic mass is 35.5. The van der Waals surface area contributed by atoms with E-state index >= 15 is 0 Å². The highest BCUT2D eigenvalue weighted by Crippen LogP contribution is 2.19. The van der Waals surface area contributed by atoms with Crippen molar-refractivity contribution >= 4 is 23.4 Å². The zero-order chi connectivity index (χ0) is 24.3. The van der Waals surface area contributed by atoms with Gasteiger partial charge in [-0.15, -0.1) is 0 Å². The molecule has 0 spiro atoms. The summed E-state index contributed by atoms with van der Waals surface area (Å²) in [7, 11) is 1.62. The van der Waals surface area contributed by atoms with Crippen molar-refractivity contribution < 1.29 is 14.3 Å². The molecule has 1 atom stereocenters. The number of carbonyl (C=O) groups is 2. The first-order chi connectivity index (χ1) is 16.5. The number of amides is 2. The van der Waals surface area contributed by atoms with Crippen molar-refractivity contribution in [3.8, 4) is 5.75 Å². The molecule has 0 aliphatic carbocycles. The smallest absolute Gasteiger partial charge is 0.243 e. The molecule has 0 bridgehead atoms. The van der Waals surface area contributed by atoms with E-state index < -0.39 is 6.04 Å². The van der Waals surface area contributed by atoms with Crippen LogP contribution in [-0.2, 0) is 29.1 Å². The Labute approximate surface area is 206 Å². The Morgan fingerprint density at radius 1 is 0.912 bits per heavy atom. The molecule has 178 valence electrons. The van der Waals surface area contributed by atoms with Gasteiger partial charge in [-0.05, 0) is 47.4 Å². The maximum Gasteiger partial charge on any atom is 0.243 e. The van der Waals surface area contributed by atoms with Crippen LogP contribution in [0, 0.1) is 0 Å². The normalized spacial score (nSPS) is 11.5. The number of hydrogen-bond donors (Lipinski definition) is 1. The van der Waals surface area contributed by atoms with E-state index in [-0.39, 0.29) is 11.8 Å². The fourth-order valence-corrected chi connectivity index (χ4v) is 3.87. The molecule has 0 radical (unpaired) electrons. The van der Waals surface area contributed by atoms with Crippen molar-refractivity contribution in [2.24, 2.45) is 0 Å². The molecule has 1 unspecified atom stereocenters. The lowest BCUT2D eigenvalue weighted by molar-refractivity contribution is -0.141. The molecule has 34 heavy (non-hydrogen) atoms. The quantitative estimate of drug-likeness (QED) is 0.401. The third-order valence-electron chi connectivity index (χ3n) is 5.63. The van der Waals surface area contributed by atoms with Crippen LogP contribution >= 0.6 is 11.6 Å². The van der Waals surface area contributed by atoms with E-state index in [1.54, 1.807) is 24.1 Å². The third-order valence-corrected chi connectivity index (χ3v) is 5.88. The minimum Gasteiger partial charge on any atom is -0.497 e. The van der Waals surface area contributed by atoms with Gasteiger partial charge in [-0.3, -0.25) is 9.59 Å². The molecule has 3 aromatic carbocycles. The number of carbonyl (C=O) groups excluding carboxylic acids is 2. The van der Waals surface area contributed by atoms with Gasteiger partial charge < -0.3 is 15.0 Å². The lowest BCUT2D eigenvalue weighted by Crippen LogP contribution is -2.50. The first-order valence-corrected chi connectivity index (χ1v) is 11.9. The van der Waals surface area contributed by atoms with Gasteiger partial charge in [0.05, 0.1) is 7.11 Å². The van der Waals surface area contributed by atoms with Crippen LogP contribution in [0.25, 0.3) is 0 Å². The van der Waals surface area contributed by atoms with Crippen LogP contribution in [0.2, 0.25) is 5.02 Å². The summed E-state index contributed by atoms with van der Waals surface area (Å²) in [5.74, 6) is 0.523. The largest absolute Gasteiger partial charge is 0.497 e. The molecule has 3 rings (SSSR count). The predicted molar refractivity (Wildman–Crippen MR) is 136 cm³/mol. The van der Waals surface area contributed by atoms with Gasteiger partial charge in [0.15, 0.2) is 0 Å². The van der Waals surface area contributed by atoms with Crippen LogP contribution in [0.3, 0.4) is 0 Å². The van der Waals surface area contributed by atoms with Crippen molar-refractivity contribution in [1.82, 2.24) is 10.2 Å². The van der Waals surface area contributed by atoms with Crippen LogP contribution in [0.15, 0.2) is 78.9 Å². The maximum absolute atomic E-state index is 13.5. The fraction of sp³-hybridized carbons (Fsp3) is 0.286. The van der Waals surface area contributed by atoms with Crippen LogP contribution in [0.4, 0.5) is 0 Å². The Morgan fingerprint density at radius 2 is 1.56 bits per heavy atom. The average molecular weight is 479 g/mol. The summed E-state index contributed by atoms with van der Waals surface area (Å²) in [4.78, 5) is 28.4. The number of methoxy groups -OCH3 is 1. The predicted octanol–water partition coefficient (Wildman–Crippen LogP) is 5.41. The van der Waals surface area contributed by atoms with E-state index in [4.69, 9.17) is 16.3 Å². The van der Waals surface area contributed by atoms with Crippen molar-refractivity contribution in [3.05, 3.63) is 101 Å². The first kappa shape index (κ1) is 25.3. The van der Waals surface area contributed by atoms with Crippen LogP contribution in [-0.4, -0.2) is 29.9 Å². The summed E-state index contributed by atoms with van der Waals surface area (Å²) in [6, 6.07) is 24.1. The molecule has 1 N–H and O–H groups in total. The van der Waals surface area contributed by atoms with Gasteiger partial charge >= 0.3 is 0 Å². The molecule has 0 aromatic heterocycles. The van der Waals surface area contributed by atoms with E-state index in [9.17, 15) is 9.59 Å². The number of nitrogens with one attached hydrogen (secondary N) is 1. The van der Waals surface area contributed by atoms with Gasteiger partial charge in [0.2, 0.25) is 11.8 Å². The Hall–Kier alpha value is -3.31. The Bertz CT molecular complexity index is 1050. The summed E-state index contributed by atoms with van der Waals surface area (Å²) in [6.45, 7) is 2.67. The van der Waals surface area contributed by atoms with Gasteiger partial charge in [-0.2, -0.15) is 0 Å². The summed E-state index contributed by atoms with van der Waals surface area (Å²) in [5, 5.41) is 3.67. The topological polar surface area (TPSA) is 58.6 Å². The summed E-state index contributed by atoms with van der Waals surface area (Å²) < 4.78 is 5.25. The molecule has 5 nitrogen and oxygen atoms in total. The molecule has 6 heteroatoms. The van der Waals surface area contributed by atoms with Gasteiger partial charge in [0.1, 0.15) is 11.8 Å². The van der Waals surface area contributed by atoms with Crippen molar-refractivity contribution in [2.45, 2.75) is 45.3 Å². The van der Waals surface area contributed by atoms with E-state index in [0.29, 0.717) is 37.4 Å². The summed E-state index contributed by atoms with van der Waals surface area (Å²) >= 11 is 5.98. The monoisotopic (exact) mass is 478 g/mol. The van der Waals surface area contributed by atoms with Crippen LogP contribution < -0.4 is 10.1 Å². The number of hydrogen-bond acceptors (Lipinski definition) is 3. The number of nitrogens with zero attached hydrogens (tertiary/aromatic N) is 1. The molecule has 0 saturated heterocycles. The molecule has 0 fully saturated rings. The molecular weight excluding hydrogens is 448 g/mol. The second kappa shape index (κ2) is 12.8. The summed E-state index contributed by atoms with van der Waals surface area (Å²) in [6.07, 6.45) is 1.52. The van der Waals surface area contributed by atoms with Gasteiger partial charge in [-0.25, -0.2) is 0 Å². The fourth-order valence-electron chi connectivity index (χ4n) is 3.75. The minimum absolute atomic E-state index is 0.0408. The highest BCUT2D eigenvalue weighted by Gasteiger charge is 2.29. The summed E-state index contributed by atoms with van der Waals surface area (Å²) in [5.41, 5.74) is 2.88.